The van der Waals surface area contributed by atoms with E-state index in [-0.39, 0.29) is 5.82 Å². The van der Waals surface area contributed by atoms with E-state index in [2.05, 4.69) is 32.1 Å². The number of fused-ring (bicyclic) bond motifs is 2. The van der Waals surface area contributed by atoms with Crippen molar-refractivity contribution in [1.82, 2.24) is 24.6 Å². The number of allylic oxidation sites excluding steroid dienone is 1. The van der Waals surface area contributed by atoms with Crippen molar-refractivity contribution in [3.8, 4) is 11.3 Å². The number of carbonyl (C=O) groups is 1. The first-order valence-electron chi connectivity index (χ1n) is 7.87. The van der Waals surface area contributed by atoms with Crippen LogP contribution in [0.1, 0.15) is 18.1 Å². The van der Waals surface area contributed by atoms with E-state index in [0.29, 0.717) is 51.3 Å². The van der Waals surface area contributed by atoms with Gasteiger partial charge in [0.2, 0.25) is 6.41 Å². The molecule has 0 aliphatic heterocycles. The van der Waals surface area contributed by atoms with E-state index in [1.807, 2.05) is 0 Å². The van der Waals surface area contributed by atoms with E-state index in [1.165, 1.54) is 0 Å². The number of amides is 1. The molecule has 1 aromatic carbocycles. The summed E-state index contributed by atoms with van der Waals surface area (Å²) in [6.45, 7) is 7.34. The molecule has 3 heterocycles. The number of hydrogen-bond acceptors (Lipinski definition) is 4. The second-order valence-electron chi connectivity index (χ2n) is 6.05. The molecule has 130 valence electrons. The number of anilines is 1. The minimum atomic E-state index is -0.347. The van der Waals surface area contributed by atoms with Crippen LogP contribution >= 0.6 is 0 Å². The third-order valence-electron chi connectivity index (χ3n) is 4.31. The number of hydrogen-bond donors (Lipinski definition) is 2. The van der Waals surface area contributed by atoms with E-state index in [1.54, 1.807) is 43.0 Å². The smallest absolute Gasteiger partial charge is 0.212 e. The first-order valence-corrected chi connectivity index (χ1v) is 7.87. The fraction of sp³-hybridized carbons (Fsp3) is 0.111. The molecule has 0 saturated heterocycles. The second kappa shape index (κ2) is 5.76. The maximum Gasteiger partial charge on any atom is 0.212 e. The average Bonchev–Trinajstić information content (AvgIpc) is 3.21. The Labute approximate surface area is 147 Å². The Kier molecular flexibility index (Phi) is 3.54. The average molecular weight is 350 g/mol. The monoisotopic (exact) mass is 350 g/mol. The van der Waals surface area contributed by atoms with Crippen molar-refractivity contribution in [2.75, 3.05) is 5.32 Å². The summed E-state index contributed by atoms with van der Waals surface area (Å²) in [6, 6.07) is 0. The molecule has 0 spiro atoms. The molecule has 0 atom stereocenters. The lowest BCUT2D eigenvalue weighted by Gasteiger charge is -2.13. The van der Waals surface area contributed by atoms with Crippen molar-refractivity contribution in [3.05, 3.63) is 48.3 Å². The predicted octanol–water partition coefficient (Wildman–Crippen LogP) is 3.32. The van der Waals surface area contributed by atoms with E-state index >= 15 is 4.39 Å². The van der Waals surface area contributed by atoms with Crippen molar-refractivity contribution in [2.24, 2.45) is 0 Å². The molecular formula is C18H15FN6O. The topological polar surface area (TPSA) is 88.0 Å². The molecule has 0 aliphatic carbocycles. The Morgan fingerprint density at radius 3 is 2.92 bits per heavy atom. The van der Waals surface area contributed by atoms with Crippen LogP contribution in [0.4, 0.5) is 10.2 Å². The standard InChI is InChI=1S/C18H15FN6O/c1-9(2)15-17(19)10(3)16(11-4-22-24-18(11)15)12-6-25-7-13(21-8-26)23-14(25)5-20-12/h4-8H,1H2,2-3H3,(H,21,26)(H,22,24). The molecule has 3 aromatic heterocycles. The summed E-state index contributed by atoms with van der Waals surface area (Å²) in [5.41, 5.74) is 3.90. The fourth-order valence-electron chi connectivity index (χ4n) is 3.16. The second-order valence-corrected chi connectivity index (χ2v) is 6.05. The van der Waals surface area contributed by atoms with Gasteiger partial charge in [-0.1, -0.05) is 6.58 Å². The van der Waals surface area contributed by atoms with Gasteiger partial charge in [-0.15, -0.1) is 0 Å². The predicted molar refractivity (Wildman–Crippen MR) is 97.2 cm³/mol. The number of rotatable bonds is 4. The summed E-state index contributed by atoms with van der Waals surface area (Å²) >= 11 is 0. The van der Waals surface area contributed by atoms with Gasteiger partial charge in [0.15, 0.2) is 11.5 Å². The van der Waals surface area contributed by atoms with Crippen LogP contribution in [0.2, 0.25) is 0 Å². The molecule has 0 radical (unpaired) electrons. The van der Waals surface area contributed by atoms with E-state index < -0.39 is 0 Å². The van der Waals surface area contributed by atoms with Gasteiger partial charge in [-0.05, 0) is 25.0 Å². The molecule has 0 aliphatic rings. The number of benzene rings is 1. The van der Waals surface area contributed by atoms with E-state index in [0.717, 1.165) is 5.39 Å². The van der Waals surface area contributed by atoms with Crippen LogP contribution in [0.25, 0.3) is 33.4 Å². The molecule has 0 unspecified atom stereocenters. The summed E-state index contributed by atoms with van der Waals surface area (Å²) in [4.78, 5) is 19.2. The third kappa shape index (κ3) is 2.26. The lowest BCUT2D eigenvalue weighted by atomic mass is 9.94. The minimum absolute atomic E-state index is 0.347. The Balaban J connectivity index is 2.00. The van der Waals surface area contributed by atoms with Crippen LogP contribution in [0.15, 0.2) is 31.4 Å². The number of nitrogens with one attached hydrogen (secondary N) is 2. The molecule has 4 rings (SSSR count). The van der Waals surface area contributed by atoms with Gasteiger partial charge >= 0.3 is 0 Å². The molecular weight excluding hydrogens is 335 g/mol. The Morgan fingerprint density at radius 1 is 1.38 bits per heavy atom. The number of carbonyl (C=O) groups excluding carboxylic acids is 1. The Hall–Kier alpha value is -3.55. The van der Waals surface area contributed by atoms with Gasteiger partial charge in [0, 0.05) is 22.7 Å². The van der Waals surface area contributed by atoms with Crippen LogP contribution < -0.4 is 5.32 Å². The van der Waals surface area contributed by atoms with Gasteiger partial charge in [-0.3, -0.25) is 14.9 Å². The number of imidazole rings is 1. The zero-order chi connectivity index (χ0) is 18.4. The van der Waals surface area contributed by atoms with Crippen molar-refractivity contribution in [2.45, 2.75) is 13.8 Å². The number of halogens is 1. The van der Waals surface area contributed by atoms with Crippen molar-refractivity contribution in [1.29, 1.82) is 0 Å². The normalized spacial score (nSPS) is 11.2. The first-order chi connectivity index (χ1) is 12.5. The van der Waals surface area contributed by atoms with E-state index in [4.69, 9.17) is 0 Å². The molecule has 8 heteroatoms. The first kappa shape index (κ1) is 15.9. The van der Waals surface area contributed by atoms with Crippen LogP contribution in [0, 0.1) is 12.7 Å². The largest absolute Gasteiger partial charge is 0.312 e. The Bertz CT molecular complexity index is 1190. The summed E-state index contributed by atoms with van der Waals surface area (Å²) in [5.74, 6) is 0.0630. The van der Waals surface area contributed by atoms with Gasteiger partial charge < -0.3 is 9.72 Å². The highest BCUT2D eigenvalue weighted by Gasteiger charge is 2.21. The number of aromatic nitrogens is 5. The van der Waals surface area contributed by atoms with Gasteiger partial charge in [-0.2, -0.15) is 5.10 Å². The van der Waals surface area contributed by atoms with Crippen LogP contribution in [0.3, 0.4) is 0 Å². The van der Waals surface area contributed by atoms with Gasteiger partial charge in [0.1, 0.15) is 5.82 Å². The molecule has 0 fully saturated rings. The number of aromatic amines is 1. The molecule has 4 aromatic rings. The minimum Gasteiger partial charge on any atom is -0.312 e. The quantitative estimate of drug-likeness (QED) is 0.553. The van der Waals surface area contributed by atoms with Crippen molar-refractivity contribution >= 4 is 34.4 Å². The molecule has 0 bridgehead atoms. The molecule has 1 amide bonds. The van der Waals surface area contributed by atoms with Crippen LogP contribution in [-0.2, 0) is 4.79 Å². The van der Waals surface area contributed by atoms with Crippen LogP contribution in [-0.4, -0.2) is 31.0 Å². The highest BCUT2D eigenvalue weighted by Crippen LogP contribution is 2.36. The van der Waals surface area contributed by atoms with Gasteiger partial charge in [0.05, 0.1) is 29.8 Å². The van der Waals surface area contributed by atoms with Gasteiger partial charge in [-0.25, -0.2) is 9.37 Å². The third-order valence-corrected chi connectivity index (χ3v) is 4.31. The van der Waals surface area contributed by atoms with Crippen molar-refractivity contribution < 1.29 is 9.18 Å². The molecule has 26 heavy (non-hydrogen) atoms. The zero-order valence-corrected chi connectivity index (χ0v) is 14.2. The van der Waals surface area contributed by atoms with Gasteiger partial charge in [0.25, 0.3) is 0 Å². The van der Waals surface area contributed by atoms with Crippen molar-refractivity contribution in [3.63, 3.8) is 0 Å². The lowest BCUT2D eigenvalue weighted by molar-refractivity contribution is -0.105. The number of H-pyrrole nitrogens is 1. The molecule has 2 N–H and O–H groups in total. The lowest BCUT2D eigenvalue weighted by Crippen LogP contribution is -1.99. The zero-order valence-electron chi connectivity index (χ0n) is 14.2. The molecule has 7 nitrogen and oxygen atoms in total. The summed E-state index contributed by atoms with van der Waals surface area (Å²) in [7, 11) is 0. The summed E-state index contributed by atoms with van der Waals surface area (Å²) < 4.78 is 16.7. The SMILES string of the molecule is C=C(C)c1c(F)c(C)c(-c2cn3cc(NC=O)nc3cn2)c2cn[nH]c12. The molecule has 0 saturated carbocycles. The highest BCUT2D eigenvalue weighted by atomic mass is 19.1. The summed E-state index contributed by atoms with van der Waals surface area (Å²) in [6.07, 6.45) is 7.19. The highest BCUT2D eigenvalue weighted by molar-refractivity contribution is 6.01. The van der Waals surface area contributed by atoms with Crippen LogP contribution in [0.5, 0.6) is 0 Å². The maximum absolute atomic E-state index is 15.0. The Morgan fingerprint density at radius 2 is 2.19 bits per heavy atom. The van der Waals surface area contributed by atoms with E-state index in [9.17, 15) is 4.79 Å². The maximum atomic E-state index is 15.0. The fourth-order valence-corrected chi connectivity index (χ4v) is 3.16. The summed E-state index contributed by atoms with van der Waals surface area (Å²) in [5, 5.41) is 10.2. The number of nitrogens with zero attached hydrogens (tertiary/aromatic N) is 4.